The molecule has 0 aromatic carbocycles. The van der Waals surface area contributed by atoms with Gasteiger partial charge >= 0.3 is 0 Å². The number of carbonyl (C=O) groups excluding carboxylic acids is 1. The highest BCUT2D eigenvalue weighted by atomic mass is 32.2. The molecule has 0 amide bonds. The van der Waals surface area contributed by atoms with Crippen molar-refractivity contribution in [3.8, 4) is 0 Å². The summed E-state index contributed by atoms with van der Waals surface area (Å²) in [7, 11) is 0. The van der Waals surface area contributed by atoms with Crippen LogP contribution in [0.15, 0.2) is 12.7 Å². The third kappa shape index (κ3) is 9.32. The highest BCUT2D eigenvalue weighted by Crippen LogP contribution is 2.38. The van der Waals surface area contributed by atoms with E-state index in [1.807, 2.05) is 6.08 Å². The molecule has 0 aliphatic carbocycles. The van der Waals surface area contributed by atoms with E-state index in [2.05, 4.69) is 20.4 Å². The molecule has 112 valence electrons. The SMILES string of the molecule is C=CC(CCCCCC)(CCCCCC)SC(C)=O. The molecule has 19 heavy (non-hydrogen) atoms. The summed E-state index contributed by atoms with van der Waals surface area (Å²) in [6, 6.07) is 0. The summed E-state index contributed by atoms with van der Waals surface area (Å²) >= 11 is 1.51. The van der Waals surface area contributed by atoms with Crippen LogP contribution in [0, 0.1) is 0 Å². The van der Waals surface area contributed by atoms with Gasteiger partial charge in [-0.3, -0.25) is 4.79 Å². The fourth-order valence-electron chi connectivity index (χ4n) is 2.46. The zero-order valence-electron chi connectivity index (χ0n) is 13.2. The van der Waals surface area contributed by atoms with E-state index in [4.69, 9.17) is 0 Å². The lowest BCUT2D eigenvalue weighted by Gasteiger charge is -2.29. The van der Waals surface area contributed by atoms with E-state index in [0.717, 1.165) is 12.8 Å². The van der Waals surface area contributed by atoms with Gasteiger partial charge in [-0.2, -0.15) is 0 Å². The first-order valence-electron chi connectivity index (χ1n) is 7.93. The third-order valence-corrected chi connectivity index (χ3v) is 4.89. The Balaban J connectivity index is 4.32. The van der Waals surface area contributed by atoms with E-state index < -0.39 is 0 Å². The molecule has 0 radical (unpaired) electrons. The first-order valence-corrected chi connectivity index (χ1v) is 8.75. The van der Waals surface area contributed by atoms with E-state index in [0.29, 0.717) is 0 Å². The van der Waals surface area contributed by atoms with Crippen LogP contribution in [0.2, 0.25) is 0 Å². The number of hydrogen-bond acceptors (Lipinski definition) is 2. The summed E-state index contributed by atoms with van der Waals surface area (Å²) < 4.78 is -0.00663. The molecule has 0 rings (SSSR count). The molecule has 0 saturated heterocycles. The second kappa shape index (κ2) is 11.6. The van der Waals surface area contributed by atoms with Crippen molar-refractivity contribution in [2.75, 3.05) is 0 Å². The molecule has 1 nitrogen and oxygen atoms in total. The van der Waals surface area contributed by atoms with E-state index >= 15 is 0 Å². The predicted octanol–water partition coefficient (Wildman–Crippen LogP) is 6.13. The summed E-state index contributed by atoms with van der Waals surface area (Å²) in [4.78, 5) is 11.5. The van der Waals surface area contributed by atoms with Gasteiger partial charge in [0.15, 0.2) is 5.12 Å². The van der Waals surface area contributed by atoms with Crippen molar-refractivity contribution in [1.82, 2.24) is 0 Å². The summed E-state index contributed by atoms with van der Waals surface area (Å²) in [6.07, 6.45) is 14.4. The van der Waals surface area contributed by atoms with E-state index in [-0.39, 0.29) is 9.86 Å². The highest BCUT2D eigenvalue weighted by Gasteiger charge is 2.28. The molecule has 0 atom stereocenters. The van der Waals surface area contributed by atoms with Crippen LogP contribution in [-0.4, -0.2) is 9.86 Å². The van der Waals surface area contributed by atoms with Gasteiger partial charge in [-0.1, -0.05) is 83.1 Å². The Labute approximate surface area is 124 Å². The second-order valence-corrected chi connectivity index (χ2v) is 7.08. The molecule has 0 aromatic rings. The Kier molecular flexibility index (Phi) is 11.4. The van der Waals surface area contributed by atoms with Crippen molar-refractivity contribution in [2.24, 2.45) is 0 Å². The molecular formula is C17H32OS. The van der Waals surface area contributed by atoms with Gasteiger partial charge in [-0.15, -0.1) is 6.58 Å². The van der Waals surface area contributed by atoms with Gasteiger partial charge < -0.3 is 0 Å². The zero-order valence-corrected chi connectivity index (χ0v) is 14.0. The minimum absolute atomic E-state index is 0.00663. The third-order valence-electron chi connectivity index (χ3n) is 3.63. The lowest BCUT2D eigenvalue weighted by atomic mass is 9.93. The minimum atomic E-state index is -0.00663. The number of hydrogen-bond donors (Lipinski definition) is 0. The average Bonchev–Trinajstić information content (AvgIpc) is 2.39. The Morgan fingerprint density at radius 3 is 1.79 bits per heavy atom. The molecule has 0 fully saturated rings. The molecular weight excluding hydrogens is 252 g/mol. The summed E-state index contributed by atoms with van der Waals surface area (Å²) in [5.41, 5.74) is 0. The van der Waals surface area contributed by atoms with Gasteiger partial charge in [0.25, 0.3) is 0 Å². The molecule has 0 bridgehead atoms. The Hall–Kier alpha value is -0.240. The van der Waals surface area contributed by atoms with Crippen LogP contribution in [0.4, 0.5) is 0 Å². The van der Waals surface area contributed by atoms with E-state index in [1.165, 1.54) is 63.1 Å². The Morgan fingerprint density at radius 2 is 1.47 bits per heavy atom. The van der Waals surface area contributed by atoms with Crippen LogP contribution in [0.3, 0.4) is 0 Å². The molecule has 0 N–H and O–H groups in total. The van der Waals surface area contributed by atoms with Crippen LogP contribution in [-0.2, 0) is 4.79 Å². The second-order valence-electron chi connectivity index (χ2n) is 5.48. The van der Waals surface area contributed by atoms with Gasteiger partial charge in [-0.25, -0.2) is 0 Å². The van der Waals surface area contributed by atoms with Gasteiger partial charge in [-0.05, 0) is 12.8 Å². The lowest BCUT2D eigenvalue weighted by molar-refractivity contribution is -0.109. The van der Waals surface area contributed by atoms with Gasteiger partial charge in [0.2, 0.25) is 0 Å². The van der Waals surface area contributed by atoms with Crippen molar-refractivity contribution >= 4 is 16.9 Å². The topological polar surface area (TPSA) is 17.1 Å². The molecule has 0 unspecified atom stereocenters. The fraction of sp³-hybridized carbons (Fsp3) is 0.824. The highest BCUT2D eigenvalue weighted by molar-refractivity contribution is 8.14. The maximum atomic E-state index is 11.5. The molecule has 0 aliphatic heterocycles. The standard InChI is InChI=1S/C17H32OS/c1-5-8-10-12-14-17(7-3,19-16(4)18)15-13-11-9-6-2/h7H,3,5-6,8-15H2,1-2,4H3. The molecule has 0 aliphatic rings. The average molecular weight is 285 g/mol. The molecule has 0 heterocycles. The normalized spacial score (nSPS) is 11.5. The minimum Gasteiger partial charge on any atom is -0.288 e. The first kappa shape index (κ1) is 18.8. The smallest absolute Gasteiger partial charge is 0.186 e. The fourth-order valence-corrected chi connectivity index (χ4v) is 3.61. The lowest BCUT2D eigenvalue weighted by Crippen LogP contribution is -2.23. The van der Waals surface area contributed by atoms with Gasteiger partial charge in [0.05, 0.1) is 0 Å². The van der Waals surface area contributed by atoms with Gasteiger partial charge in [0.1, 0.15) is 0 Å². The van der Waals surface area contributed by atoms with E-state index in [1.54, 1.807) is 6.92 Å². The quantitative estimate of drug-likeness (QED) is 0.316. The maximum Gasteiger partial charge on any atom is 0.186 e. The van der Waals surface area contributed by atoms with Crippen LogP contribution < -0.4 is 0 Å². The number of thioether (sulfide) groups is 1. The molecule has 0 spiro atoms. The van der Waals surface area contributed by atoms with Crippen molar-refractivity contribution < 1.29 is 4.79 Å². The van der Waals surface area contributed by atoms with Crippen LogP contribution in [0.5, 0.6) is 0 Å². The Morgan fingerprint density at radius 1 is 1.00 bits per heavy atom. The molecule has 0 saturated carbocycles. The van der Waals surface area contributed by atoms with Crippen molar-refractivity contribution in [2.45, 2.75) is 89.7 Å². The Bertz CT molecular complexity index is 236. The summed E-state index contributed by atoms with van der Waals surface area (Å²) in [5, 5.41) is 0.228. The summed E-state index contributed by atoms with van der Waals surface area (Å²) in [6.45, 7) is 10.2. The zero-order chi connectivity index (χ0) is 14.6. The number of carbonyl (C=O) groups is 1. The van der Waals surface area contributed by atoms with Gasteiger partial charge in [0, 0.05) is 11.7 Å². The van der Waals surface area contributed by atoms with Crippen LogP contribution in [0.25, 0.3) is 0 Å². The van der Waals surface area contributed by atoms with Crippen LogP contribution >= 0.6 is 11.8 Å². The van der Waals surface area contributed by atoms with Crippen molar-refractivity contribution in [3.05, 3.63) is 12.7 Å². The van der Waals surface area contributed by atoms with E-state index in [9.17, 15) is 4.79 Å². The first-order chi connectivity index (χ1) is 9.10. The number of unbranched alkanes of at least 4 members (excludes halogenated alkanes) is 6. The monoisotopic (exact) mass is 284 g/mol. The van der Waals surface area contributed by atoms with Crippen molar-refractivity contribution in [3.63, 3.8) is 0 Å². The van der Waals surface area contributed by atoms with Crippen LogP contribution in [0.1, 0.15) is 85.0 Å². The number of rotatable bonds is 12. The predicted molar refractivity (Wildman–Crippen MR) is 88.7 cm³/mol. The molecule has 0 aromatic heterocycles. The van der Waals surface area contributed by atoms with Crippen molar-refractivity contribution in [1.29, 1.82) is 0 Å². The maximum absolute atomic E-state index is 11.5. The largest absolute Gasteiger partial charge is 0.288 e. The molecule has 2 heteroatoms. The summed E-state index contributed by atoms with van der Waals surface area (Å²) in [5.74, 6) is 0.